The first-order valence-electron chi connectivity index (χ1n) is 10.5. The van der Waals surface area contributed by atoms with Crippen molar-refractivity contribution in [3.63, 3.8) is 0 Å². The Labute approximate surface area is 183 Å². The van der Waals surface area contributed by atoms with Crippen LogP contribution in [0.1, 0.15) is 25.8 Å². The van der Waals surface area contributed by atoms with Crippen molar-refractivity contribution in [3.05, 3.63) is 64.4 Å². The first-order chi connectivity index (χ1) is 15.1. The summed E-state index contributed by atoms with van der Waals surface area (Å²) in [6, 6.07) is 15.7. The summed E-state index contributed by atoms with van der Waals surface area (Å²) in [5, 5.41) is 9.88. The molecule has 1 aliphatic rings. The number of carbonyl (C=O) groups excluding carboxylic acids is 1. The van der Waals surface area contributed by atoms with Crippen molar-refractivity contribution >= 4 is 40.0 Å². The van der Waals surface area contributed by atoms with E-state index in [0.29, 0.717) is 22.9 Å². The summed E-state index contributed by atoms with van der Waals surface area (Å²) in [6.07, 6.45) is 1.68. The Morgan fingerprint density at radius 2 is 1.90 bits per heavy atom. The van der Waals surface area contributed by atoms with E-state index in [-0.39, 0.29) is 23.3 Å². The smallest absolute Gasteiger partial charge is 0.262 e. The van der Waals surface area contributed by atoms with Crippen LogP contribution < -0.4 is 10.5 Å². The van der Waals surface area contributed by atoms with Gasteiger partial charge in [0.2, 0.25) is 11.7 Å². The molecule has 0 bridgehead atoms. The van der Waals surface area contributed by atoms with E-state index in [2.05, 4.69) is 23.2 Å². The van der Waals surface area contributed by atoms with Gasteiger partial charge >= 0.3 is 0 Å². The third-order valence-corrected chi connectivity index (χ3v) is 6.64. The minimum Gasteiger partial charge on any atom is -0.308 e. The summed E-state index contributed by atoms with van der Waals surface area (Å²) in [7, 11) is 0. The van der Waals surface area contributed by atoms with Crippen LogP contribution in [0.5, 0.6) is 0 Å². The van der Waals surface area contributed by atoms with Gasteiger partial charge in [-0.2, -0.15) is 0 Å². The Bertz CT molecular complexity index is 1360. The number of anilines is 1. The lowest BCUT2D eigenvalue weighted by atomic mass is 10.1. The molecule has 158 valence electrons. The second-order valence-electron chi connectivity index (χ2n) is 7.83. The molecule has 0 N–H and O–H groups in total. The molecule has 1 aliphatic heterocycles. The van der Waals surface area contributed by atoms with Crippen molar-refractivity contribution in [2.75, 3.05) is 10.7 Å². The number of hydrogen-bond donors (Lipinski definition) is 0. The fraction of sp³-hybridized carbons (Fsp3) is 0.304. The molecule has 3 heterocycles. The van der Waals surface area contributed by atoms with Crippen LogP contribution in [0.3, 0.4) is 0 Å². The van der Waals surface area contributed by atoms with Gasteiger partial charge in [-0.05, 0) is 43.5 Å². The number of benzene rings is 2. The molecule has 2 aromatic carbocycles. The second kappa shape index (κ2) is 7.85. The van der Waals surface area contributed by atoms with Gasteiger partial charge in [-0.3, -0.25) is 18.6 Å². The van der Waals surface area contributed by atoms with E-state index in [9.17, 15) is 9.59 Å². The maximum Gasteiger partial charge on any atom is 0.262 e. The lowest BCUT2D eigenvalue weighted by molar-refractivity contribution is -0.116. The number of aryl methyl sites for hydroxylation is 1. The fourth-order valence-corrected chi connectivity index (χ4v) is 5.19. The third-order valence-electron chi connectivity index (χ3n) is 5.73. The number of carbonyl (C=O) groups is 1. The van der Waals surface area contributed by atoms with Crippen LogP contribution in [0.15, 0.2) is 58.5 Å². The molecule has 4 aromatic rings. The Balaban J connectivity index is 1.51. The lowest BCUT2D eigenvalue weighted by Crippen LogP contribution is -2.37. The van der Waals surface area contributed by atoms with Gasteiger partial charge in [0.25, 0.3) is 5.56 Å². The number of rotatable bonds is 5. The summed E-state index contributed by atoms with van der Waals surface area (Å²) in [4.78, 5) is 28.0. The minimum atomic E-state index is -0.0625. The molecule has 0 spiro atoms. The van der Waals surface area contributed by atoms with Crippen molar-refractivity contribution in [3.8, 4) is 0 Å². The number of aromatic nitrogens is 4. The molecule has 7 nitrogen and oxygen atoms in total. The highest BCUT2D eigenvalue weighted by atomic mass is 32.2. The topological polar surface area (TPSA) is 72.5 Å². The predicted octanol–water partition coefficient (Wildman–Crippen LogP) is 3.52. The number of nitrogens with zero attached hydrogens (tertiary/aromatic N) is 5. The summed E-state index contributed by atoms with van der Waals surface area (Å²) in [6.45, 7) is 4.67. The highest BCUT2D eigenvalue weighted by Gasteiger charge is 2.30. The monoisotopic (exact) mass is 433 g/mol. The van der Waals surface area contributed by atoms with Gasteiger partial charge < -0.3 is 4.90 Å². The van der Waals surface area contributed by atoms with E-state index in [0.717, 1.165) is 24.0 Å². The molecule has 1 atom stereocenters. The van der Waals surface area contributed by atoms with Crippen molar-refractivity contribution in [2.45, 2.75) is 44.4 Å². The molecule has 2 aromatic heterocycles. The molecular weight excluding hydrogens is 410 g/mol. The van der Waals surface area contributed by atoms with E-state index in [1.165, 1.54) is 17.3 Å². The van der Waals surface area contributed by atoms with Crippen molar-refractivity contribution < 1.29 is 4.79 Å². The van der Waals surface area contributed by atoms with Gasteiger partial charge in [0.15, 0.2) is 5.16 Å². The Kier molecular flexibility index (Phi) is 5.02. The maximum atomic E-state index is 13.1. The van der Waals surface area contributed by atoms with Gasteiger partial charge in [0, 0.05) is 18.3 Å². The standard InChI is InChI=1S/C23H23N5O2S/c1-3-12-26-21(30)17-9-5-7-11-19(17)28-22(26)24-25-23(28)31-14-20(29)27-15(2)13-16-8-4-6-10-18(16)27/h4-11,15H,3,12-14H2,1-2H3/t15-/m0/s1. The van der Waals surface area contributed by atoms with E-state index in [4.69, 9.17) is 0 Å². The zero-order valence-electron chi connectivity index (χ0n) is 17.5. The van der Waals surface area contributed by atoms with Gasteiger partial charge in [-0.1, -0.05) is 49.0 Å². The zero-order chi connectivity index (χ0) is 21.5. The van der Waals surface area contributed by atoms with Crippen LogP contribution >= 0.6 is 11.8 Å². The first-order valence-corrected chi connectivity index (χ1v) is 11.5. The normalized spacial score (nSPS) is 15.7. The van der Waals surface area contributed by atoms with Crippen LogP contribution in [0.25, 0.3) is 16.7 Å². The highest BCUT2D eigenvalue weighted by Crippen LogP contribution is 2.33. The molecule has 5 rings (SSSR count). The summed E-state index contributed by atoms with van der Waals surface area (Å²) in [5.41, 5.74) is 2.90. The largest absolute Gasteiger partial charge is 0.308 e. The molecule has 31 heavy (non-hydrogen) atoms. The third kappa shape index (κ3) is 3.22. The molecule has 0 saturated carbocycles. The molecule has 0 unspecified atom stereocenters. The summed E-state index contributed by atoms with van der Waals surface area (Å²) < 4.78 is 3.56. The SMILES string of the molecule is CCCn1c(=O)c2ccccc2n2c(SCC(=O)N3c4ccccc4C[C@@H]3C)nnc12. The van der Waals surface area contributed by atoms with E-state index in [1.54, 1.807) is 4.57 Å². The van der Waals surface area contributed by atoms with E-state index < -0.39 is 0 Å². The Morgan fingerprint density at radius 1 is 1.13 bits per heavy atom. The fourth-order valence-electron chi connectivity index (χ4n) is 4.39. The highest BCUT2D eigenvalue weighted by molar-refractivity contribution is 7.99. The van der Waals surface area contributed by atoms with Crippen LogP contribution in [0, 0.1) is 0 Å². The predicted molar refractivity (Wildman–Crippen MR) is 123 cm³/mol. The molecule has 0 aliphatic carbocycles. The molecule has 0 fully saturated rings. The van der Waals surface area contributed by atoms with Gasteiger partial charge in [0.1, 0.15) is 0 Å². The molecule has 0 saturated heterocycles. The molecule has 8 heteroatoms. The summed E-state index contributed by atoms with van der Waals surface area (Å²) >= 11 is 1.36. The molecular formula is C23H23N5O2S. The van der Waals surface area contributed by atoms with Crippen LogP contribution in [-0.4, -0.2) is 36.9 Å². The average Bonchev–Trinajstić information content (AvgIpc) is 3.35. The summed E-state index contributed by atoms with van der Waals surface area (Å²) in [5.74, 6) is 0.812. The van der Waals surface area contributed by atoms with E-state index in [1.807, 2.05) is 58.7 Å². The lowest BCUT2D eigenvalue weighted by Gasteiger charge is -2.22. The van der Waals surface area contributed by atoms with Gasteiger partial charge in [-0.25, -0.2) is 0 Å². The number of amides is 1. The van der Waals surface area contributed by atoms with Crippen molar-refractivity contribution in [1.82, 2.24) is 19.2 Å². The number of para-hydroxylation sites is 2. The molecule has 1 amide bonds. The van der Waals surface area contributed by atoms with Gasteiger partial charge in [0.05, 0.1) is 16.7 Å². The second-order valence-corrected chi connectivity index (χ2v) is 8.77. The number of hydrogen-bond acceptors (Lipinski definition) is 5. The van der Waals surface area contributed by atoms with Crippen LogP contribution in [0.2, 0.25) is 0 Å². The van der Waals surface area contributed by atoms with Crippen LogP contribution in [-0.2, 0) is 17.8 Å². The van der Waals surface area contributed by atoms with E-state index >= 15 is 0 Å². The Hall–Kier alpha value is -3.13. The van der Waals surface area contributed by atoms with Crippen LogP contribution in [0.4, 0.5) is 5.69 Å². The quantitative estimate of drug-likeness (QED) is 0.450. The van der Waals surface area contributed by atoms with Crippen molar-refractivity contribution in [1.29, 1.82) is 0 Å². The first kappa shape index (κ1) is 19.8. The molecule has 0 radical (unpaired) electrons. The number of fused-ring (bicyclic) bond motifs is 4. The maximum absolute atomic E-state index is 13.1. The zero-order valence-corrected chi connectivity index (χ0v) is 18.3. The van der Waals surface area contributed by atoms with Crippen molar-refractivity contribution in [2.24, 2.45) is 0 Å². The van der Waals surface area contributed by atoms with Gasteiger partial charge in [-0.15, -0.1) is 10.2 Å². The minimum absolute atomic E-state index is 0.0467. The average molecular weight is 434 g/mol. The Morgan fingerprint density at radius 3 is 2.74 bits per heavy atom. The number of thioether (sulfide) groups is 1.